The molecule has 0 bridgehead atoms. The van der Waals surface area contributed by atoms with E-state index in [1.54, 1.807) is 0 Å². The summed E-state index contributed by atoms with van der Waals surface area (Å²) >= 11 is 11.6. The lowest BCUT2D eigenvalue weighted by Gasteiger charge is -2.30. The van der Waals surface area contributed by atoms with E-state index in [-0.39, 0.29) is 50.9 Å². The number of aromatic nitrogens is 2. The minimum Gasteiger partial charge on any atom is -1.00 e. The highest BCUT2D eigenvalue weighted by Gasteiger charge is 2.19. The van der Waals surface area contributed by atoms with E-state index < -0.39 is 15.9 Å². The molecule has 1 heterocycles. The molecular formula is C18H26BrCl2N7O3S. The number of hydrogen-bond acceptors (Lipinski definition) is 7. The summed E-state index contributed by atoms with van der Waals surface area (Å²) < 4.78 is 27.7. The van der Waals surface area contributed by atoms with Crippen LogP contribution in [0.4, 0.5) is 11.6 Å². The van der Waals surface area contributed by atoms with Gasteiger partial charge in [-0.2, -0.15) is 0 Å². The van der Waals surface area contributed by atoms with Crippen LogP contribution in [-0.2, 0) is 10.0 Å². The topological polar surface area (TPSA) is 153 Å². The fraction of sp³-hybridized carbons (Fsp3) is 0.389. The molecule has 0 atom stereocenters. The summed E-state index contributed by atoms with van der Waals surface area (Å²) in [6.07, 6.45) is 0.611. The van der Waals surface area contributed by atoms with E-state index in [2.05, 4.69) is 20.0 Å². The van der Waals surface area contributed by atoms with E-state index in [1.807, 2.05) is 14.1 Å². The van der Waals surface area contributed by atoms with Crippen molar-refractivity contribution in [2.75, 3.05) is 51.7 Å². The van der Waals surface area contributed by atoms with Gasteiger partial charge in [0.05, 0.1) is 38.6 Å². The van der Waals surface area contributed by atoms with E-state index in [9.17, 15) is 13.2 Å². The number of nitrogen functional groups attached to an aromatic ring is 2. The lowest BCUT2D eigenvalue weighted by Crippen LogP contribution is -3.00. The number of amides is 1. The van der Waals surface area contributed by atoms with Crippen molar-refractivity contribution in [2.24, 2.45) is 0 Å². The molecule has 0 aliphatic heterocycles. The van der Waals surface area contributed by atoms with Crippen molar-refractivity contribution in [2.45, 2.75) is 11.3 Å². The molecule has 2 aromatic rings. The highest BCUT2D eigenvalue weighted by molar-refractivity contribution is 7.89. The number of rotatable bonds is 10. The molecule has 0 fully saturated rings. The molecule has 0 saturated carbocycles. The van der Waals surface area contributed by atoms with E-state index in [0.29, 0.717) is 35.6 Å². The van der Waals surface area contributed by atoms with Crippen molar-refractivity contribution in [1.82, 2.24) is 20.0 Å². The monoisotopic (exact) mass is 569 g/mol. The van der Waals surface area contributed by atoms with Crippen LogP contribution in [0.3, 0.4) is 0 Å². The van der Waals surface area contributed by atoms with Gasteiger partial charge in [0.25, 0.3) is 5.91 Å². The van der Waals surface area contributed by atoms with Crippen LogP contribution in [-0.4, -0.2) is 69.1 Å². The molecule has 0 saturated heterocycles. The lowest BCUT2D eigenvalue weighted by molar-refractivity contribution is -0.889. The summed E-state index contributed by atoms with van der Waals surface area (Å²) in [7, 11) is 0.379. The molecule has 0 radical (unpaired) electrons. The highest BCUT2D eigenvalue weighted by Crippen LogP contribution is 2.17. The molecule has 10 nitrogen and oxygen atoms in total. The maximum absolute atomic E-state index is 12.3. The molecule has 0 spiro atoms. The molecule has 2 rings (SSSR count). The largest absolute Gasteiger partial charge is 1.00 e. The summed E-state index contributed by atoms with van der Waals surface area (Å²) in [4.78, 5) is 20.1. The maximum atomic E-state index is 12.3. The van der Waals surface area contributed by atoms with Crippen LogP contribution in [0.5, 0.6) is 0 Å². The predicted octanol–water partition coefficient (Wildman–Crippen LogP) is -1.87. The summed E-state index contributed by atoms with van der Waals surface area (Å²) in [5.41, 5.74) is 11.1. The van der Waals surface area contributed by atoms with Crippen molar-refractivity contribution in [3.63, 3.8) is 0 Å². The summed E-state index contributed by atoms with van der Waals surface area (Å²) in [6.45, 7) is 1.93. The Kier molecular flexibility index (Phi) is 10.6. The van der Waals surface area contributed by atoms with Gasteiger partial charge in [0.1, 0.15) is 0 Å². The van der Waals surface area contributed by atoms with Gasteiger partial charge in [-0.05, 0) is 24.3 Å². The molecule has 6 N–H and O–H groups in total. The zero-order valence-electron chi connectivity index (χ0n) is 17.6. The number of carbonyl (C=O) groups excluding carboxylic acids is 1. The first-order chi connectivity index (χ1) is 14.4. The molecule has 0 unspecified atom stereocenters. The number of nitrogens with one attached hydrogen (secondary N) is 2. The normalized spacial score (nSPS) is 11.6. The van der Waals surface area contributed by atoms with Crippen LogP contribution in [0.25, 0.3) is 0 Å². The highest BCUT2D eigenvalue weighted by atomic mass is 79.9. The number of nitrogens with two attached hydrogens (primary N) is 2. The number of carbonyl (C=O) groups is 1. The lowest BCUT2D eigenvalue weighted by atomic mass is 10.3. The summed E-state index contributed by atoms with van der Waals surface area (Å²) in [5.74, 6) is -0.635. The Morgan fingerprint density at radius 1 is 1.03 bits per heavy atom. The third-order valence-corrected chi connectivity index (χ3v) is 6.49. The first-order valence-corrected chi connectivity index (χ1v) is 11.6. The molecule has 32 heavy (non-hydrogen) atoms. The minimum atomic E-state index is -3.58. The number of anilines is 2. The van der Waals surface area contributed by atoms with Crippen molar-refractivity contribution in [1.29, 1.82) is 0 Å². The quantitative estimate of drug-likeness (QED) is 0.193. The first kappa shape index (κ1) is 28.3. The Labute approximate surface area is 208 Å². The Morgan fingerprint density at radius 3 is 2.28 bits per heavy atom. The van der Waals surface area contributed by atoms with E-state index in [4.69, 9.17) is 34.7 Å². The van der Waals surface area contributed by atoms with Crippen molar-refractivity contribution >= 4 is 50.8 Å². The third kappa shape index (κ3) is 8.34. The molecular weight excluding hydrogens is 545 g/mol. The van der Waals surface area contributed by atoms with Gasteiger partial charge in [-0.3, -0.25) is 4.79 Å². The molecule has 178 valence electrons. The van der Waals surface area contributed by atoms with Gasteiger partial charge in [0, 0.05) is 18.0 Å². The van der Waals surface area contributed by atoms with Crippen LogP contribution in [0, 0.1) is 0 Å². The summed E-state index contributed by atoms with van der Waals surface area (Å²) in [6, 6.07) is 5.97. The molecule has 0 aliphatic rings. The second-order valence-corrected chi connectivity index (χ2v) is 10.0. The van der Waals surface area contributed by atoms with Gasteiger partial charge in [0.2, 0.25) is 10.0 Å². The first-order valence-electron chi connectivity index (χ1n) is 9.35. The van der Waals surface area contributed by atoms with Crippen LogP contribution in [0.2, 0.25) is 10.2 Å². The maximum Gasteiger partial charge on any atom is 0.273 e. The van der Waals surface area contributed by atoms with Crippen molar-refractivity contribution < 1.29 is 34.7 Å². The van der Waals surface area contributed by atoms with E-state index in [0.717, 1.165) is 0 Å². The summed E-state index contributed by atoms with van der Waals surface area (Å²) in [5, 5.41) is 3.11. The van der Waals surface area contributed by atoms with Crippen LogP contribution < -0.4 is 38.5 Å². The third-order valence-electron chi connectivity index (χ3n) is 4.48. The molecule has 1 aromatic heterocycles. The van der Waals surface area contributed by atoms with Gasteiger partial charge in [-0.25, -0.2) is 23.1 Å². The van der Waals surface area contributed by atoms with Gasteiger partial charge in [-0.15, -0.1) is 0 Å². The van der Waals surface area contributed by atoms with Gasteiger partial charge < -0.3 is 38.2 Å². The zero-order valence-corrected chi connectivity index (χ0v) is 21.5. The van der Waals surface area contributed by atoms with Gasteiger partial charge >= 0.3 is 0 Å². The van der Waals surface area contributed by atoms with Crippen LogP contribution in [0.15, 0.2) is 29.2 Å². The average Bonchev–Trinajstić information content (AvgIpc) is 2.68. The zero-order chi connectivity index (χ0) is 23.2. The smallest absolute Gasteiger partial charge is 0.273 e. The van der Waals surface area contributed by atoms with Crippen molar-refractivity contribution in [3.05, 3.63) is 40.1 Å². The number of halogens is 3. The molecule has 1 aromatic carbocycles. The molecule has 1 amide bonds. The molecule has 14 heteroatoms. The fourth-order valence-electron chi connectivity index (χ4n) is 2.69. The Bertz CT molecular complexity index is 1040. The number of benzene rings is 1. The average molecular weight is 571 g/mol. The van der Waals surface area contributed by atoms with E-state index >= 15 is 0 Å². The van der Waals surface area contributed by atoms with Gasteiger partial charge in [0.15, 0.2) is 22.5 Å². The van der Waals surface area contributed by atoms with E-state index in [1.165, 1.54) is 24.3 Å². The minimum absolute atomic E-state index is 0. The fourth-order valence-corrected chi connectivity index (χ4v) is 4.01. The number of quaternary nitrogens is 1. The number of likely N-dealkylation sites (N-methyl/N-ethyl adjacent to an activating group) is 1. The Morgan fingerprint density at radius 2 is 1.66 bits per heavy atom. The number of nitrogens with zero attached hydrogens (tertiary/aromatic N) is 3. The standard InChI is InChI=1S/C18H25Cl2N7O3S.BrH/c1-27(2,10-3-8-24-31(29,30)13-6-4-12(19)5-7-13)11-9-23-18(28)14-16(21)26-17(22)15(20)25-14;/h4-7,24H,3,8-11H2,1-2H3,(H4-,21,22,23,26,28);1H. The predicted molar refractivity (Wildman–Crippen MR) is 121 cm³/mol. The van der Waals surface area contributed by atoms with Crippen LogP contribution in [0.1, 0.15) is 16.9 Å². The molecule has 0 aliphatic carbocycles. The Balaban J connectivity index is 0.00000512. The SMILES string of the molecule is C[N+](C)(CCCNS(=O)(=O)c1ccc(Cl)cc1)CCNC(=O)c1nc(Cl)c(N)nc1N.[Br-]. The van der Waals surface area contributed by atoms with Crippen molar-refractivity contribution in [3.8, 4) is 0 Å². The second-order valence-electron chi connectivity index (χ2n) is 7.48. The Hall–Kier alpha value is -1.70. The second kappa shape index (κ2) is 12.0. The van der Waals surface area contributed by atoms with Crippen LogP contribution >= 0.6 is 23.2 Å². The van der Waals surface area contributed by atoms with Gasteiger partial charge in [-0.1, -0.05) is 23.2 Å². The number of hydrogen-bond donors (Lipinski definition) is 4. The number of sulfonamides is 1.